The Labute approximate surface area is 97.2 Å². The monoisotopic (exact) mass is 226 g/mol. The number of aromatic nitrogens is 2. The van der Waals surface area contributed by atoms with E-state index in [0.29, 0.717) is 23.8 Å². The number of nitrogens with zero attached hydrogens (tertiary/aromatic N) is 3. The van der Waals surface area contributed by atoms with E-state index in [4.69, 9.17) is 4.52 Å². The van der Waals surface area contributed by atoms with Gasteiger partial charge in [0.25, 0.3) is 5.95 Å². The molecule has 0 aliphatic heterocycles. The summed E-state index contributed by atoms with van der Waals surface area (Å²) in [6.07, 6.45) is 0.784. The molecule has 5 heteroatoms. The average molecular weight is 226 g/mol. The number of anilines is 1. The summed E-state index contributed by atoms with van der Waals surface area (Å²) in [5.74, 6) is 1.88. The van der Waals surface area contributed by atoms with Gasteiger partial charge in [-0.15, -0.1) is 0 Å². The van der Waals surface area contributed by atoms with Gasteiger partial charge in [-0.2, -0.15) is 4.98 Å². The minimum absolute atomic E-state index is 0.389. The van der Waals surface area contributed by atoms with Gasteiger partial charge in [-0.25, -0.2) is 0 Å². The normalized spacial score (nSPS) is 13.1. The second kappa shape index (κ2) is 5.84. The van der Waals surface area contributed by atoms with Crippen molar-refractivity contribution in [3.8, 4) is 0 Å². The smallest absolute Gasteiger partial charge is 0.265 e. The van der Waals surface area contributed by atoms with Crippen LogP contribution in [0.1, 0.15) is 26.7 Å². The molecule has 0 aliphatic carbocycles. The second-order valence-corrected chi connectivity index (χ2v) is 4.49. The molecule has 1 heterocycles. The third-order valence-corrected chi connectivity index (χ3v) is 2.52. The zero-order valence-corrected chi connectivity index (χ0v) is 10.8. The van der Waals surface area contributed by atoms with Gasteiger partial charge in [0.15, 0.2) is 0 Å². The van der Waals surface area contributed by atoms with Crippen molar-refractivity contribution >= 4 is 5.95 Å². The Hall–Kier alpha value is -1.10. The highest BCUT2D eigenvalue weighted by Crippen LogP contribution is 2.11. The highest BCUT2D eigenvalue weighted by molar-refractivity contribution is 5.23. The van der Waals surface area contributed by atoms with E-state index in [1.807, 2.05) is 19.0 Å². The molecule has 0 fully saturated rings. The Morgan fingerprint density at radius 3 is 2.50 bits per heavy atom. The van der Waals surface area contributed by atoms with Crippen LogP contribution in [0.5, 0.6) is 0 Å². The number of hydrogen-bond acceptors (Lipinski definition) is 5. The van der Waals surface area contributed by atoms with Gasteiger partial charge in [-0.3, -0.25) is 0 Å². The molecule has 0 amide bonds. The SMILES string of the molecule is CCNC(Cc1nc(N(C)C)no1)C(C)C. The number of nitrogens with one attached hydrogen (secondary N) is 1. The van der Waals surface area contributed by atoms with Crippen molar-refractivity contribution < 1.29 is 4.52 Å². The molecular formula is C11H22N4O. The standard InChI is InChI=1S/C11H22N4O/c1-6-12-9(8(2)3)7-10-13-11(14-16-10)15(4)5/h8-9,12H,6-7H2,1-5H3. The summed E-state index contributed by atoms with van der Waals surface area (Å²) < 4.78 is 5.21. The van der Waals surface area contributed by atoms with E-state index in [1.54, 1.807) is 0 Å². The fourth-order valence-corrected chi connectivity index (χ4v) is 1.50. The van der Waals surface area contributed by atoms with Gasteiger partial charge >= 0.3 is 0 Å². The molecule has 1 rings (SSSR count). The van der Waals surface area contributed by atoms with Crippen LogP contribution in [-0.4, -0.2) is 36.8 Å². The lowest BCUT2D eigenvalue weighted by Crippen LogP contribution is -2.35. The highest BCUT2D eigenvalue weighted by atomic mass is 16.5. The van der Waals surface area contributed by atoms with E-state index >= 15 is 0 Å². The first-order chi connectivity index (χ1) is 7.54. The minimum Gasteiger partial charge on any atom is -0.344 e. The molecule has 16 heavy (non-hydrogen) atoms. The van der Waals surface area contributed by atoms with Crippen LogP contribution in [0.25, 0.3) is 0 Å². The minimum atomic E-state index is 0.389. The fourth-order valence-electron chi connectivity index (χ4n) is 1.50. The van der Waals surface area contributed by atoms with Crippen LogP contribution in [0.3, 0.4) is 0 Å². The maximum Gasteiger partial charge on any atom is 0.265 e. The Morgan fingerprint density at radius 1 is 1.38 bits per heavy atom. The van der Waals surface area contributed by atoms with Crippen LogP contribution < -0.4 is 10.2 Å². The van der Waals surface area contributed by atoms with Crippen molar-refractivity contribution in [3.05, 3.63) is 5.89 Å². The van der Waals surface area contributed by atoms with Gasteiger partial charge in [-0.1, -0.05) is 20.8 Å². The predicted molar refractivity (Wildman–Crippen MR) is 64.6 cm³/mol. The second-order valence-electron chi connectivity index (χ2n) is 4.49. The fraction of sp³-hybridized carbons (Fsp3) is 0.818. The Kier molecular flexibility index (Phi) is 4.73. The Balaban J connectivity index is 2.62. The van der Waals surface area contributed by atoms with Crippen molar-refractivity contribution in [2.75, 3.05) is 25.5 Å². The molecule has 1 unspecified atom stereocenters. The number of likely N-dealkylation sites (N-methyl/N-ethyl adjacent to an activating group) is 1. The van der Waals surface area contributed by atoms with Gasteiger partial charge < -0.3 is 14.7 Å². The topological polar surface area (TPSA) is 54.2 Å². The van der Waals surface area contributed by atoms with E-state index in [2.05, 4.69) is 36.2 Å². The van der Waals surface area contributed by atoms with E-state index in [0.717, 1.165) is 13.0 Å². The molecule has 0 spiro atoms. The molecule has 0 aliphatic rings. The largest absolute Gasteiger partial charge is 0.344 e. The van der Waals surface area contributed by atoms with Crippen molar-refractivity contribution in [1.82, 2.24) is 15.5 Å². The van der Waals surface area contributed by atoms with Crippen LogP contribution in [0.2, 0.25) is 0 Å². The molecule has 1 atom stereocenters. The van der Waals surface area contributed by atoms with Crippen LogP contribution in [-0.2, 0) is 6.42 Å². The summed E-state index contributed by atoms with van der Waals surface area (Å²) in [5.41, 5.74) is 0. The van der Waals surface area contributed by atoms with E-state index < -0.39 is 0 Å². The van der Waals surface area contributed by atoms with Gasteiger partial charge in [0.05, 0.1) is 0 Å². The van der Waals surface area contributed by atoms with E-state index in [9.17, 15) is 0 Å². The molecule has 0 bridgehead atoms. The molecule has 5 nitrogen and oxygen atoms in total. The maximum atomic E-state index is 5.21. The number of rotatable bonds is 6. The third-order valence-electron chi connectivity index (χ3n) is 2.52. The highest BCUT2D eigenvalue weighted by Gasteiger charge is 2.17. The van der Waals surface area contributed by atoms with Crippen LogP contribution in [0, 0.1) is 5.92 Å². The van der Waals surface area contributed by atoms with Crippen molar-refractivity contribution in [2.45, 2.75) is 33.2 Å². The summed E-state index contributed by atoms with van der Waals surface area (Å²) in [7, 11) is 3.80. The maximum absolute atomic E-state index is 5.21. The number of hydrogen-bond donors (Lipinski definition) is 1. The molecule has 0 aromatic carbocycles. The first-order valence-electron chi connectivity index (χ1n) is 5.77. The summed E-state index contributed by atoms with van der Waals surface area (Å²) >= 11 is 0. The van der Waals surface area contributed by atoms with E-state index in [1.165, 1.54) is 0 Å². The summed E-state index contributed by atoms with van der Waals surface area (Å²) in [6.45, 7) is 7.44. The van der Waals surface area contributed by atoms with E-state index in [-0.39, 0.29) is 0 Å². The molecule has 92 valence electrons. The predicted octanol–water partition coefficient (Wildman–Crippen LogP) is 1.31. The quantitative estimate of drug-likeness (QED) is 0.792. The van der Waals surface area contributed by atoms with Crippen LogP contribution >= 0.6 is 0 Å². The summed E-state index contributed by atoms with van der Waals surface area (Å²) in [5, 5.41) is 7.33. The third kappa shape index (κ3) is 3.48. The lowest BCUT2D eigenvalue weighted by atomic mass is 10.0. The Morgan fingerprint density at radius 2 is 2.06 bits per heavy atom. The van der Waals surface area contributed by atoms with Gasteiger partial charge in [0.1, 0.15) is 0 Å². The lowest BCUT2D eigenvalue weighted by molar-refractivity contribution is 0.329. The summed E-state index contributed by atoms with van der Waals surface area (Å²) in [4.78, 5) is 6.16. The van der Waals surface area contributed by atoms with Crippen LogP contribution in [0.15, 0.2) is 4.52 Å². The molecule has 1 aromatic heterocycles. The first-order valence-corrected chi connectivity index (χ1v) is 5.77. The first kappa shape index (κ1) is 13.0. The van der Waals surface area contributed by atoms with Crippen molar-refractivity contribution in [2.24, 2.45) is 5.92 Å². The van der Waals surface area contributed by atoms with Crippen LogP contribution in [0.4, 0.5) is 5.95 Å². The summed E-state index contributed by atoms with van der Waals surface area (Å²) in [6, 6.07) is 0.389. The molecule has 0 saturated carbocycles. The molecule has 1 aromatic rings. The zero-order chi connectivity index (χ0) is 12.1. The van der Waals surface area contributed by atoms with Gasteiger partial charge in [0, 0.05) is 26.6 Å². The Bertz CT molecular complexity index is 309. The zero-order valence-electron chi connectivity index (χ0n) is 10.8. The molecular weight excluding hydrogens is 204 g/mol. The molecule has 0 radical (unpaired) electrons. The molecule has 0 saturated heterocycles. The van der Waals surface area contributed by atoms with Crippen molar-refractivity contribution in [3.63, 3.8) is 0 Å². The van der Waals surface area contributed by atoms with Gasteiger partial charge in [-0.05, 0) is 17.6 Å². The van der Waals surface area contributed by atoms with Gasteiger partial charge in [0.2, 0.25) is 5.89 Å². The lowest BCUT2D eigenvalue weighted by Gasteiger charge is -2.19. The van der Waals surface area contributed by atoms with Crippen molar-refractivity contribution in [1.29, 1.82) is 0 Å². The average Bonchev–Trinajstić information content (AvgIpc) is 2.65. The molecule has 1 N–H and O–H groups in total.